The lowest BCUT2D eigenvalue weighted by atomic mass is 9.98. The van der Waals surface area contributed by atoms with Gasteiger partial charge in [0.2, 0.25) is 0 Å². The molecule has 0 unspecified atom stereocenters. The number of aromatic hydroxyl groups is 1. The van der Waals surface area contributed by atoms with E-state index in [1.807, 2.05) is 25.1 Å². The number of aryl methyl sites for hydroxylation is 1. The molecule has 2 aromatic rings. The molecule has 2 rings (SSSR count). The summed E-state index contributed by atoms with van der Waals surface area (Å²) in [6.45, 7) is 6.28. The summed E-state index contributed by atoms with van der Waals surface area (Å²) in [5, 5.41) is 9.70. The molecule has 1 heteroatoms. The zero-order valence-electron chi connectivity index (χ0n) is 10.6. The fraction of sp³-hybridized carbons (Fsp3) is 0.250. The van der Waals surface area contributed by atoms with Gasteiger partial charge in [0.15, 0.2) is 0 Å². The first-order valence-corrected chi connectivity index (χ1v) is 5.98. The Morgan fingerprint density at radius 2 is 1.47 bits per heavy atom. The smallest absolute Gasteiger partial charge is 0.119 e. The van der Waals surface area contributed by atoms with Crippen LogP contribution < -0.4 is 0 Å². The van der Waals surface area contributed by atoms with Crippen LogP contribution in [0.3, 0.4) is 0 Å². The summed E-state index contributed by atoms with van der Waals surface area (Å²) in [5.74, 6) is 0.908. The van der Waals surface area contributed by atoms with Gasteiger partial charge in [-0.3, -0.25) is 0 Å². The molecule has 0 aliphatic heterocycles. The highest BCUT2D eigenvalue weighted by Crippen LogP contribution is 2.27. The van der Waals surface area contributed by atoms with E-state index in [1.165, 1.54) is 5.56 Å². The van der Waals surface area contributed by atoms with Gasteiger partial charge in [0.25, 0.3) is 0 Å². The summed E-state index contributed by atoms with van der Waals surface area (Å²) in [6.07, 6.45) is 0. The number of phenols is 1. The Labute approximate surface area is 103 Å². The molecule has 88 valence electrons. The lowest BCUT2D eigenvalue weighted by molar-refractivity contribution is 0.471. The van der Waals surface area contributed by atoms with E-state index >= 15 is 0 Å². The van der Waals surface area contributed by atoms with Gasteiger partial charge in [-0.2, -0.15) is 0 Å². The minimum absolute atomic E-state index is 0.357. The third-order valence-electron chi connectivity index (χ3n) is 3.12. The molecule has 0 atom stereocenters. The van der Waals surface area contributed by atoms with Crippen molar-refractivity contribution in [3.8, 4) is 16.9 Å². The Morgan fingerprint density at radius 3 is 2.00 bits per heavy atom. The maximum absolute atomic E-state index is 9.70. The van der Waals surface area contributed by atoms with Crippen molar-refractivity contribution in [2.75, 3.05) is 0 Å². The van der Waals surface area contributed by atoms with Gasteiger partial charge in [0, 0.05) is 0 Å². The van der Waals surface area contributed by atoms with E-state index in [1.54, 1.807) is 0 Å². The Balaban J connectivity index is 2.36. The maximum atomic E-state index is 9.70. The molecule has 0 heterocycles. The molecule has 0 aliphatic rings. The van der Waals surface area contributed by atoms with Crippen LogP contribution in [0.1, 0.15) is 30.9 Å². The first-order chi connectivity index (χ1) is 8.08. The Morgan fingerprint density at radius 1 is 0.882 bits per heavy atom. The standard InChI is InChI=1S/C16H18O/c1-11(2)13-6-8-14(9-7-13)15-5-4-12(3)16(17)10-15/h4-11,17H,1-3H3. The average molecular weight is 226 g/mol. The third kappa shape index (κ3) is 2.50. The van der Waals surface area contributed by atoms with E-state index in [2.05, 4.69) is 38.1 Å². The number of phenolic OH excluding ortho intramolecular Hbond substituents is 1. The van der Waals surface area contributed by atoms with Crippen LogP contribution in [0.25, 0.3) is 11.1 Å². The number of hydrogen-bond acceptors (Lipinski definition) is 1. The van der Waals surface area contributed by atoms with Crippen LogP contribution in [0.4, 0.5) is 0 Å². The zero-order valence-corrected chi connectivity index (χ0v) is 10.6. The second kappa shape index (κ2) is 4.62. The van der Waals surface area contributed by atoms with Gasteiger partial charge in [-0.1, -0.05) is 50.2 Å². The molecule has 0 aliphatic carbocycles. The highest BCUT2D eigenvalue weighted by molar-refractivity contribution is 5.66. The molecule has 0 saturated heterocycles. The summed E-state index contributed by atoms with van der Waals surface area (Å²) >= 11 is 0. The van der Waals surface area contributed by atoms with E-state index in [0.29, 0.717) is 11.7 Å². The van der Waals surface area contributed by atoms with Crippen LogP contribution in [-0.2, 0) is 0 Å². The van der Waals surface area contributed by atoms with Crippen molar-refractivity contribution in [3.05, 3.63) is 53.6 Å². The molecule has 0 fully saturated rings. The predicted molar refractivity (Wildman–Crippen MR) is 72.4 cm³/mol. The van der Waals surface area contributed by atoms with Crippen LogP contribution >= 0.6 is 0 Å². The molecule has 0 spiro atoms. The maximum Gasteiger partial charge on any atom is 0.119 e. The summed E-state index contributed by atoms with van der Waals surface area (Å²) in [7, 11) is 0. The molecule has 2 aromatic carbocycles. The molecular weight excluding hydrogens is 208 g/mol. The first-order valence-electron chi connectivity index (χ1n) is 5.98. The van der Waals surface area contributed by atoms with Crippen LogP contribution in [0.5, 0.6) is 5.75 Å². The van der Waals surface area contributed by atoms with Gasteiger partial charge in [-0.05, 0) is 41.2 Å². The lowest BCUT2D eigenvalue weighted by Gasteiger charge is -2.08. The quantitative estimate of drug-likeness (QED) is 0.799. The fourth-order valence-corrected chi connectivity index (χ4v) is 1.85. The van der Waals surface area contributed by atoms with Crippen LogP contribution in [0.2, 0.25) is 0 Å². The van der Waals surface area contributed by atoms with Crippen molar-refractivity contribution in [1.82, 2.24) is 0 Å². The van der Waals surface area contributed by atoms with Crippen LogP contribution in [0.15, 0.2) is 42.5 Å². The normalized spacial score (nSPS) is 10.8. The van der Waals surface area contributed by atoms with Crippen molar-refractivity contribution < 1.29 is 5.11 Å². The number of hydrogen-bond donors (Lipinski definition) is 1. The number of benzene rings is 2. The molecule has 0 bridgehead atoms. The van der Waals surface area contributed by atoms with Crippen molar-refractivity contribution >= 4 is 0 Å². The second-order valence-electron chi connectivity index (χ2n) is 4.78. The highest BCUT2D eigenvalue weighted by Gasteiger charge is 2.03. The molecule has 1 N–H and O–H groups in total. The number of rotatable bonds is 2. The second-order valence-corrected chi connectivity index (χ2v) is 4.78. The lowest BCUT2D eigenvalue weighted by Crippen LogP contribution is -1.87. The van der Waals surface area contributed by atoms with Gasteiger partial charge in [0.05, 0.1) is 0 Å². The monoisotopic (exact) mass is 226 g/mol. The largest absolute Gasteiger partial charge is 0.508 e. The van der Waals surface area contributed by atoms with Crippen LogP contribution in [0, 0.1) is 6.92 Å². The third-order valence-corrected chi connectivity index (χ3v) is 3.12. The molecule has 17 heavy (non-hydrogen) atoms. The molecule has 0 radical (unpaired) electrons. The van der Waals surface area contributed by atoms with E-state index in [4.69, 9.17) is 0 Å². The van der Waals surface area contributed by atoms with Crippen molar-refractivity contribution in [2.24, 2.45) is 0 Å². The van der Waals surface area contributed by atoms with Crippen molar-refractivity contribution in [2.45, 2.75) is 26.7 Å². The predicted octanol–water partition coefficient (Wildman–Crippen LogP) is 4.49. The van der Waals surface area contributed by atoms with Gasteiger partial charge >= 0.3 is 0 Å². The van der Waals surface area contributed by atoms with E-state index < -0.39 is 0 Å². The van der Waals surface area contributed by atoms with E-state index in [0.717, 1.165) is 16.7 Å². The molecule has 0 amide bonds. The fourth-order valence-electron chi connectivity index (χ4n) is 1.85. The van der Waals surface area contributed by atoms with E-state index in [9.17, 15) is 5.11 Å². The highest BCUT2D eigenvalue weighted by atomic mass is 16.3. The average Bonchev–Trinajstić information content (AvgIpc) is 2.33. The van der Waals surface area contributed by atoms with Gasteiger partial charge in [-0.15, -0.1) is 0 Å². The Bertz CT molecular complexity index is 510. The SMILES string of the molecule is Cc1ccc(-c2ccc(C(C)C)cc2)cc1O. The van der Waals surface area contributed by atoms with Crippen LogP contribution in [-0.4, -0.2) is 5.11 Å². The minimum atomic E-state index is 0.357. The Kier molecular flexibility index (Phi) is 3.19. The molecule has 0 aromatic heterocycles. The summed E-state index contributed by atoms with van der Waals surface area (Å²) in [5.41, 5.74) is 4.45. The molecule has 0 saturated carbocycles. The van der Waals surface area contributed by atoms with Gasteiger partial charge in [-0.25, -0.2) is 0 Å². The summed E-state index contributed by atoms with van der Waals surface area (Å²) in [4.78, 5) is 0. The van der Waals surface area contributed by atoms with Gasteiger partial charge in [0.1, 0.15) is 5.75 Å². The topological polar surface area (TPSA) is 20.2 Å². The Hall–Kier alpha value is -1.76. The van der Waals surface area contributed by atoms with Gasteiger partial charge < -0.3 is 5.11 Å². The first kappa shape index (κ1) is 11.7. The summed E-state index contributed by atoms with van der Waals surface area (Å²) < 4.78 is 0. The van der Waals surface area contributed by atoms with Crippen molar-refractivity contribution in [1.29, 1.82) is 0 Å². The molecular formula is C16H18O. The minimum Gasteiger partial charge on any atom is -0.508 e. The van der Waals surface area contributed by atoms with E-state index in [-0.39, 0.29) is 0 Å². The zero-order chi connectivity index (χ0) is 12.4. The molecule has 1 nitrogen and oxygen atoms in total. The summed E-state index contributed by atoms with van der Waals surface area (Å²) in [6, 6.07) is 14.3. The van der Waals surface area contributed by atoms with Crippen molar-refractivity contribution in [3.63, 3.8) is 0 Å².